The lowest BCUT2D eigenvalue weighted by Crippen LogP contribution is -2.04. The molecular formula is C61H38N8. The molecule has 322 valence electrons. The van der Waals surface area contributed by atoms with Crippen LogP contribution in [0.15, 0.2) is 231 Å². The molecule has 0 unspecified atom stereocenters. The first-order chi connectivity index (χ1) is 34.2. The highest BCUT2D eigenvalue weighted by Gasteiger charge is 2.20. The topological polar surface area (TPSA) is 79.2 Å². The molecule has 0 amide bonds. The van der Waals surface area contributed by atoms with Crippen molar-refractivity contribution in [2.24, 2.45) is 0 Å². The number of benzene rings is 8. The highest BCUT2D eigenvalue weighted by atomic mass is 15.2. The molecule has 0 N–H and O–H groups in total. The maximum absolute atomic E-state index is 5.31. The maximum Gasteiger partial charge on any atom is 0.235 e. The van der Waals surface area contributed by atoms with Gasteiger partial charge in [0, 0.05) is 66.8 Å². The number of fused-ring (bicyclic) bond motifs is 9. The fourth-order valence-corrected chi connectivity index (χ4v) is 10.3. The molecule has 0 aliphatic rings. The smallest absolute Gasteiger partial charge is 0.235 e. The third-order valence-electron chi connectivity index (χ3n) is 13.4. The highest BCUT2D eigenvalue weighted by Crippen LogP contribution is 2.39. The number of para-hydroxylation sites is 3. The van der Waals surface area contributed by atoms with Crippen molar-refractivity contribution in [3.05, 3.63) is 231 Å². The predicted octanol–water partition coefficient (Wildman–Crippen LogP) is 14.6. The zero-order valence-corrected chi connectivity index (χ0v) is 37.0. The molecule has 14 rings (SSSR count). The molecule has 8 aromatic carbocycles. The summed E-state index contributed by atoms with van der Waals surface area (Å²) in [5.41, 5.74) is 16.8. The zero-order valence-electron chi connectivity index (χ0n) is 37.0. The monoisotopic (exact) mass is 882 g/mol. The Morgan fingerprint density at radius 1 is 0.290 bits per heavy atom. The van der Waals surface area contributed by atoms with Gasteiger partial charge >= 0.3 is 0 Å². The lowest BCUT2D eigenvalue weighted by atomic mass is 10.1. The average molecular weight is 883 g/mol. The molecule has 0 aliphatic heterocycles. The van der Waals surface area contributed by atoms with E-state index in [1.807, 2.05) is 61.1 Å². The second kappa shape index (κ2) is 15.5. The van der Waals surface area contributed by atoms with Gasteiger partial charge in [-0.3, -0.25) is 14.5 Å². The summed E-state index contributed by atoms with van der Waals surface area (Å²) in [4.78, 5) is 25.5. The van der Waals surface area contributed by atoms with Crippen LogP contribution in [0.5, 0.6) is 0 Å². The van der Waals surface area contributed by atoms with Crippen LogP contribution in [-0.4, -0.2) is 38.6 Å². The molecule has 8 heteroatoms. The van der Waals surface area contributed by atoms with Crippen molar-refractivity contribution in [3.63, 3.8) is 0 Å². The van der Waals surface area contributed by atoms with E-state index in [0.717, 1.165) is 122 Å². The Balaban J connectivity index is 0.889. The quantitative estimate of drug-likeness (QED) is 0.159. The SMILES string of the molecule is c1ccc(-c2cc(-c3ccccc3)nc(-n3c4ccccc4c4ccc(-c5cncc(-c6ccc7c(c6)c6ccccc6n7-c6ccc7c(c6)c6ncccc6n7-c6ccccc6)n5)cc43)n2)cc1. The zero-order chi connectivity index (χ0) is 45.4. The minimum atomic E-state index is 0.599. The van der Waals surface area contributed by atoms with Crippen molar-refractivity contribution >= 4 is 65.5 Å². The van der Waals surface area contributed by atoms with Crippen LogP contribution in [0.3, 0.4) is 0 Å². The van der Waals surface area contributed by atoms with Gasteiger partial charge in [-0.1, -0.05) is 133 Å². The van der Waals surface area contributed by atoms with E-state index in [1.165, 1.54) is 0 Å². The highest BCUT2D eigenvalue weighted by molar-refractivity contribution is 6.13. The van der Waals surface area contributed by atoms with Crippen LogP contribution in [-0.2, 0) is 0 Å². The summed E-state index contributed by atoms with van der Waals surface area (Å²) in [6, 6.07) is 74.3. The van der Waals surface area contributed by atoms with E-state index in [4.69, 9.17) is 24.9 Å². The van der Waals surface area contributed by atoms with Crippen LogP contribution in [0, 0.1) is 0 Å². The predicted molar refractivity (Wildman–Crippen MR) is 280 cm³/mol. The summed E-state index contributed by atoms with van der Waals surface area (Å²) in [6.45, 7) is 0. The lowest BCUT2D eigenvalue weighted by molar-refractivity contribution is 0.995. The number of pyridine rings is 1. The van der Waals surface area contributed by atoms with Gasteiger partial charge in [-0.2, -0.15) is 0 Å². The van der Waals surface area contributed by atoms with Gasteiger partial charge in [0.25, 0.3) is 0 Å². The summed E-state index contributed by atoms with van der Waals surface area (Å²) in [6.07, 6.45) is 5.59. The number of rotatable bonds is 7. The third-order valence-corrected chi connectivity index (χ3v) is 13.4. The lowest BCUT2D eigenvalue weighted by Gasteiger charge is -2.12. The molecule has 0 radical (unpaired) electrons. The van der Waals surface area contributed by atoms with Gasteiger partial charge in [-0.15, -0.1) is 0 Å². The van der Waals surface area contributed by atoms with Gasteiger partial charge < -0.3 is 9.13 Å². The van der Waals surface area contributed by atoms with Crippen LogP contribution >= 0.6 is 0 Å². The number of hydrogen-bond acceptors (Lipinski definition) is 5. The summed E-state index contributed by atoms with van der Waals surface area (Å²) in [5, 5.41) is 5.63. The van der Waals surface area contributed by atoms with E-state index in [2.05, 4.69) is 184 Å². The van der Waals surface area contributed by atoms with Crippen molar-refractivity contribution in [3.8, 4) is 62.4 Å². The number of hydrogen-bond donors (Lipinski definition) is 0. The normalized spacial score (nSPS) is 11.8. The summed E-state index contributed by atoms with van der Waals surface area (Å²) in [5.74, 6) is 0.599. The molecule has 0 saturated carbocycles. The Morgan fingerprint density at radius 3 is 1.55 bits per heavy atom. The van der Waals surface area contributed by atoms with Crippen molar-refractivity contribution in [2.75, 3.05) is 0 Å². The first kappa shape index (κ1) is 38.7. The average Bonchev–Trinajstić information content (AvgIpc) is 4.06. The van der Waals surface area contributed by atoms with Crippen LogP contribution in [0.2, 0.25) is 0 Å². The first-order valence-electron chi connectivity index (χ1n) is 23.1. The van der Waals surface area contributed by atoms with E-state index in [9.17, 15) is 0 Å². The molecule has 0 saturated heterocycles. The summed E-state index contributed by atoms with van der Waals surface area (Å²) in [7, 11) is 0. The second-order valence-electron chi connectivity index (χ2n) is 17.4. The van der Waals surface area contributed by atoms with E-state index >= 15 is 0 Å². The van der Waals surface area contributed by atoms with Crippen LogP contribution in [0.25, 0.3) is 128 Å². The van der Waals surface area contributed by atoms with Crippen molar-refractivity contribution in [1.82, 2.24) is 38.6 Å². The number of aromatic nitrogens is 8. The Bertz CT molecular complexity index is 4250. The first-order valence-corrected chi connectivity index (χ1v) is 23.1. The van der Waals surface area contributed by atoms with Crippen LogP contribution < -0.4 is 0 Å². The van der Waals surface area contributed by atoms with Gasteiger partial charge in [-0.05, 0) is 78.9 Å². The molecule has 69 heavy (non-hydrogen) atoms. The molecule has 0 bridgehead atoms. The fourth-order valence-electron chi connectivity index (χ4n) is 10.3. The molecule has 0 fully saturated rings. The van der Waals surface area contributed by atoms with Crippen molar-refractivity contribution < 1.29 is 0 Å². The molecule has 0 spiro atoms. The van der Waals surface area contributed by atoms with Gasteiger partial charge in [0.1, 0.15) is 0 Å². The summed E-state index contributed by atoms with van der Waals surface area (Å²) >= 11 is 0. The molecule has 6 aromatic heterocycles. The Morgan fingerprint density at radius 2 is 0.826 bits per heavy atom. The standard InChI is InChI=1S/C61H38N8/c1-4-15-39(16-5-1)50-36-51(40-17-6-2-7-18-40)66-61(65-50)69-55-24-13-10-21-45(55)47-29-26-42(34-59(47)69)53-38-62-37-52(64-53)41-27-30-56-48(33-41)46-22-11-12-23-54(46)68(56)44-28-31-57-49(35-44)60-58(25-14-32-63-60)67(57)43-19-8-3-9-20-43/h1-38H. The third kappa shape index (κ3) is 6.27. The molecule has 8 nitrogen and oxygen atoms in total. The Kier molecular flexibility index (Phi) is 8.72. The van der Waals surface area contributed by atoms with E-state index < -0.39 is 0 Å². The fraction of sp³-hybridized carbons (Fsp3) is 0. The Labute approximate surface area is 395 Å². The molecule has 0 atom stereocenters. The minimum absolute atomic E-state index is 0.599. The Hall–Kier alpha value is -9.53. The van der Waals surface area contributed by atoms with Gasteiger partial charge in [0.2, 0.25) is 5.95 Å². The largest absolute Gasteiger partial charge is 0.309 e. The van der Waals surface area contributed by atoms with Crippen LogP contribution in [0.1, 0.15) is 0 Å². The van der Waals surface area contributed by atoms with E-state index in [1.54, 1.807) is 0 Å². The van der Waals surface area contributed by atoms with Crippen molar-refractivity contribution in [2.45, 2.75) is 0 Å². The molecule has 6 heterocycles. The van der Waals surface area contributed by atoms with Gasteiger partial charge in [-0.25, -0.2) is 15.0 Å². The number of nitrogens with zero attached hydrogens (tertiary/aromatic N) is 8. The van der Waals surface area contributed by atoms with E-state index in [-0.39, 0.29) is 0 Å². The molecular weight excluding hydrogens is 845 g/mol. The van der Waals surface area contributed by atoms with E-state index in [0.29, 0.717) is 5.95 Å². The van der Waals surface area contributed by atoms with Crippen molar-refractivity contribution in [1.29, 1.82) is 0 Å². The van der Waals surface area contributed by atoms with Crippen LogP contribution in [0.4, 0.5) is 0 Å². The van der Waals surface area contributed by atoms with Gasteiger partial charge in [0.05, 0.1) is 73.8 Å². The van der Waals surface area contributed by atoms with Gasteiger partial charge in [0.15, 0.2) is 0 Å². The minimum Gasteiger partial charge on any atom is -0.309 e. The summed E-state index contributed by atoms with van der Waals surface area (Å²) < 4.78 is 6.85. The molecule has 0 aliphatic carbocycles. The second-order valence-corrected chi connectivity index (χ2v) is 17.4. The maximum atomic E-state index is 5.31. The molecule has 14 aromatic rings.